The molecule has 146 valence electrons. The van der Waals surface area contributed by atoms with E-state index in [0.29, 0.717) is 34.6 Å². The van der Waals surface area contributed by atoms with Crippen LogP contribution in [-0.2, 0) is 11.2 Å². The summed E-state index contributed by atoms with van der Waals surface area (Å²) in [4.78, 5) is 28.9. The third-order valence-electron chi connectivity index (χ3n) is 3.78. The topological polar surface area (TPSA) is 84.2 Å². The maximum atomic E-state index is 12.0. The predicted molar refractivity (Wildman–Crippen MR) is 110 cm³/mol. The molecule has 0 radical (unpaired) electrons. The molecule has 0 spiro atoms. The number of anilines is 1. The molecule has 0 saturated heterocycles. The molecule has 0 unspecified atom stereocenters. The first-order chi connectivity index (χ1) is 13.5. The van der Waals surface area contributed by atoms with Gasteiger partial charge < -0.3 is 15.1 Å². The predicted octanol–water partition coefficient (Wildman–Crippen LogP) is 4.78. The number of carbonyl (C=O) groups is 2. The van der Waals surface area contributed by atoms with Crippen LogP contribution in [0.5, 0.6) is 0 Å². The smallest absolute Gasteiger partial charge is 0.286 e. The molecule has 6 nitrogen and oxygen atoms in total. The van der Waals surface area contributed by atoms with Crippen molar-refractivity contribution in [3.63, 3.8) is 0 Å². The monoisotopic (exact) mass is 437 g/mol. The van der Waals surface area contributed by atoms with Crippen LogP contribution in [0.2, 0.25) is 10.0 Å². The number of carbonyl (C=O) groups excluding carboxylic acids is 2. The molecule has 3 rings (SSSR count). The first kappa shape index (κ1) is 20.4. The number of nitrogens with zero attached hydrogens (tertiary/aromatic N) is 1. The highest BCUT2D eigenvalue weighted by Crippen LogP contribution is 2.27. The van der Waals surface area contributed by atoms with Crippen LogP contribution in [0.15, 0.2) is 47.2 Å². The molecule has 2 aromatic heterocycles. The Morgan fingerprint density at radius 1 is 1.21 bits per heavy atom. The summed E-state index contributed by atoms with van der Waals surface area (Å²) >= 11 is 13.6. The molecule has 28 heavy (non-hydrogen) atoms. The van der Waals surface area contributed by atoms with Gasteiger partial charge in [-0.2, -0.15) is 0 Å². The van der Waals surface area contributed by atoms with Gasteiger partial charge in [-0.25, -0.2) is 4.98 Å². The Bertz CT molecular complexity index is 957. The van der Waals surface area contributed by atoms with E-state index in [1.165, 1.54) is 17.6 Å². The highest BCUT2D eigenvalue weighted by atomic mass is 35.5. The van der Waals surface area contributed by atoms with Gasteiger partial charge in [0.25, 0.3) is 5.91 Å². The van der Waals surface area contributed by atoms with Crippen molar-refractivity contribution in [3.8, 4) is 0 Å². The normalized spacial score (nSPS) is 10.6. The quantitative estimate of drug-likeness (QED) is 0.496. The van der Waals surface area contributed by atoms with Crippen molar-refractivity contribution in [2.75, 3.05) is 11.9 Å². The Balaban J connectivity index is 1.42. The Morgan fingerprint density at radius 3 is 2.86 bits per heavy atom. The molecule has 2 amide bonds. The zero-order valence-corrected chi connectivity index (χ0v) is 17.0. The van der Waals surface area contributed by atoms with Gasteiger partial charge in [0.2, 0.25) is 5.91 Å². The van der Waals surface area contributed by atoms with Gasteiger partial charge in [-0.1, -0.05) is 23.2 Å². The number of hydrogen-bond acceptors (Lipinski definition) is 5. The van der Waals surface area contributed by atoms with Gasteiger partial charge >= 0.3 is 0 Å². The lowest BCUT2D eigenvalue weighted by molar-refractivity contribution is -0.116. The van der Waals surface area contributed by atoms with Crippen molar-refractivity contribution in [1.29, 1.82) is 0 Å². The second-order valence-corrected chi connectivity index (χ2v) is 7.89. The fourth-order valence-corrected chi connectivity index (χ4v) is 3.67. The third-order valence-corrected chi connectivity index (χ3v) is 5.30. The molecule has 0 aliphatic rings. The number of aromatic nitrogens is 1. The summed E-state index contributed by atoms with van der Waals surface area (Å²) in [7, 11) is 0. The van der Waals surface area contributed by atoms with E-state index >= 15 is 0 Å². The van der Waals surface area contributed by atoms with E-state index in [0.717, 1.165) is 10.4 Å². The van der Waals surface area contributed by atoms with Gasteiger partial charge in [0.05, 0.1) is 6.26 Å². The van der Waals surface area contributed by atoms with E-state index in [2.05, 4.69) is 15.6 Å². The number of hydrogen-bond donors (Lipinski definition) is 2. The van der Waals surface area contributed by atoms with Crippen LogP contribution in [0.25, 0.3) is 0 Å². The van der Waals surface area contributed by atoms with Crippen molar-refractivity contribution in [2.24, 2.45) is 0 Å². The van der Waals surface area contributed by atoms with E-state index in [4.69, 9.17) is 27.6 Å². The standard InChI is InChI=1S/C19H17Cl2N3O3S/c20-13-5-6-15(21)12(9-13)10-14-11-23-19(28-14)24-17(25)4-1-7-22-18(26)16-3-2-8-27-16/h2-3,5-6,8-9,11H,1,4,7,10H2,(H,22,26)(H,23,24,25). The average Bonchev–Trinajstić information content (AvgIpc) is 3.34. The van der Waals surface area contributed by atoms with Gasteiger partial charge in [0, 0.05) is 40.5 Å². The van der Waals surface area contributed by atoms with Crippen molar-refractivity contribution >= 4 is 51.5 Å². The zero-order valence-electron chi connectivity index (χ0n) is 14.7. The maximum Gasteiger partial charge on any atom is 0.286 e. The number of halogens is 2. The second kappa shape index (κ2) is 9.73. The van der Waals surface area contributed by atoms with Crippen LogP contribution in [0, 0.1) is 0 Å². The van der Waals surface area contributed by atoms with Gasteiger partial charge in [-0.15, -0.1) is 11.3 Å². The van der Waals surface area contributed by atoms with Crippen molar-refractivity contribution in [2.45, 2.75) is 19.3 Å². The van der Waals surface area contributed by atoms with E-state index in [1.807, 2.05) is 6.07 Å². The number of furan rings is 1. The number of nitrogens with one attached hydrogen (secondary N) is 2. The number of amides is 2. The molecule has 3 aromatic rings. The summed E-state index contributed by atoms with van der Waals surface area (Å²) in [6.45, 7) is 0.378. The Hall–Kier alpha value is -2.35. The average molecular weight is 438 g/mol. The Kier molecular flexibility index (Phi) is 7.08. The molecule has 0 atom stereocenters. The fraction of sp³-hybridized carbons (Fsp3) is 0.211. The molecular weight excluding hydrogens is 421 g/mol. The first-order valence-electron chi connectivity index (χ1n) is 8.51. The maximum absolute atomic E-state index is 12.0. The van der Waals surface area contributed by atoms with Gasteiger partial charge in [0.1, 0.15) is 0 Å². The van der Waals surface area contributed by atoms with E-state index in [1.54, 1.807) is 30.5 Å². The molecule has 0 aliphatic heterocycles. The minimum atomic E-state index is -0.297. The molecule has 0 saturated carbocycles. The highest BCUT2D eigenvalue weighted by Gasteiger charge is 2.10. The first-order valence-corrected chi connectivity index (χ1v) is 10.1. The fourth-order valence-electron chi connectivity index (χ4n) is 2.44. The van der Waals surface area contributed by atoms with E-state index < -0.39 is 0 Å². The minimum Gasteiger partial charge on any atom is -0.459 e. The highest BCUT2D eigenvalue weighted by molar-refractivity contribution is 7.15. The van der Waals surface area contributed by atoms with Gasteiger partial charge in [0.15, 0.2) is 10.9 Å². The second-order valence-electron chi connectivity index (χ2n) is 5.93. The van der Waals surface area contributed by atoms with Crippen molar-refractivity contribution in [3.05, 3.63) is 69.0 Å². The molecule has 2 heterocycles. The Labute approximate surface area is 175 Å². The van der Waals surface area contributed by atoms with Crippen LogP contribution >= 0.6 is 34.5 Å². The molecule has 1 aromatic carbocycles. The van der Waals surface area contributed by atoms with Crippen LogP contribution < -0.4 is 10.6 Å². The van der Waals surface area contributed by atoms with Crippen molar-refractivity contribution in [1.82, 2.24) is 10.3 Å². The van der Waals surface area contributed by atoms with Gasteiger partial charge in [-0.3, -0.25) is 9.59 Å². The lowest BCUT2D eigenvalue weighted by Gasteiger charge is -2.04. The van der Waals surface area contributed by atoms with E-state index in [-0.39, 0.29) is 24.0 Å². The molecule has 0 bridgehead atoms. The summed E-state index contributed by atoms with van der Waals surface area (Å²) in [5, 5.41) is 7.25. The van der Waals surface area contributed by atoms with Crippen LogP contribution in [0.4, 0.5) is 5.13 Å². The number of rotatable bonds is 8. The summed E-state index contributed by atoms with van der Waals surface area (Å²) in [5.74, 6) is -0.205. The summed E-state index contributed by atoms with van der Waals surface area (Å²) in [6.07, 6.45) is 4.51. The largest absolute Gasteiger partial charge is 0.459 e. The number of benzene rings is 1. The summed E-state index contributed by atoms with van der Waals surface area (Å²) < 4.78 is 5.00. The van der Waals surface area contributed by atoms with Crippen molar-refractivity contribution < 1.29 is 14.0 Å². The molecule has 9 heteroatoms. The molecule has 0 fully saturated rings. The lowest BCUT2D eigenvalue weighted by atomic mass is 10.1. The van der Waals surface area contributed by atoms with E-state index in [9.17, 15) is 9.59 Å². The molecule has 2 N–H and O–H groups in total. The number of thiazole rings is 1. The summed E-state index contributed by atoms with van der Waals surface area (Å²) in [6, 6.07) is 8.54. The SMILES string of the molecule is O=C(CCCNC(=O)c1ccco1)Nc1ncc(Cc2cc(Cl)ccc2Cl)s1. The summed E-state index contributed by atoms with van der Waals surface area (Å²) in [5.41, 5.74) is 0.906. The van der Waals surface area contributed by atoms with Crippen LogP contribution in [-0.4, -0.2) is 23.3 Å². The zero-order chi connectivity index (χ0) is 19.9. The third kappa shape index (κ3) is 5.82. The molecular formula is C19H17Cl2N3O3S. The van der Waals surface area contributed by atoms with Gasteiger partial charge in [-0.05, 0) is 42.3 Å². The van der Waals surface area contributed by atoms with Crippen LogP contribution in [0.3, 0.4) is 0 Å². The minimum absolute atomic E-state index is 0.158. The van der Waals surface area contributed by atoms with Crippen LogP contribution in [0.1, 0.15) is 33.8 Å². The lowest BCUT2D eigenvalue weighted by Crippen LogP contribution is -2.25. The molecule has 0 aliphatic carbocycles. The Morgan fingerprint density at radius 2 is 2.07 bits per heavy atom.